The second-order valence-corrected chi connectivity index (χ2v) is 9.52. The maximum atomic E-state index is 14.2. The summed E-state index contributed by atoms with van der Waals surface area (Å²) >= 11 is 0. The lowest BCUT2D eigenvalue weighted by Gasteiger charge is -2.48. The molecule has 0 saturated carbocycles. The quantitative estimate of drug-likeness (QED) is 0.322. The monoisotopic (exact) mass is 488 g/mol. The fraction of sp³-hybridized carbons (Fsp3) is 0.182. The Morgan fingerprint density at radius 2 is 1.08 bits per heavy atom. The SMILES string of the molecule is O=C1N(Cc2ccccc2)[C@H](/C=C/c2ccccc2)[C@@H](O)[C@@H](Cc2ccccc2)N1Cc1ccccc1. The molecule has 0 unspecified atom stereocenters. The van der Waals surface area contributed by atoms with Crippen LogP contribution in [-0.2, 0) is 19.5 Å². The van der Waals surface area contributed by atoms with Gasteiger partial charge in [0.1, 0.15) is 0 Å². The minimum absolute atomic E-state index is 0.0679. The number of hydrogen-bond donors (Lipinski definition) is 1. The van der Waals surface area contributed by atoms with Crippen molar-refractivity contribution in [2.24, 2.45) is 0 Å². The Labute approximate surface area is 219 Å². The molecular weight excluding hydrogens is 456 g/mol. The van der Waals surface area contributed by atoms with E-state index in [1.54, 1.807) is 0 Å². The Morgan fingerprint density at radius 3 is 1.62 bits per heavy atom. The van der Waals surface area contributed by atoms with Gasteiger partial charge < -0.3 is 14.9 Å². The zero-order chi connectivity index (χ0) is 25.5. The Hall–Kier alpha value is -4.15. The highest BCUT2D eigenvalue weighted by atomic mass is 16.3. The Bertz CT molecular complexity index is 1290. The summed E-state index contributed by atoms with van der Waals surface area (Å²) in [5.74, 6) is 0. The number of rotatable bonds is 8. The van der Waals surface area contributed by atoms with Crippen LogP contribution in [0.25, 0.3) is 6.08 Å². The smallest absolute Gasteiger partial charge is 0.321 e. The minimum Gasteiger partial charge on any atom is -0.388 e. The summed E-state index contributed by atoms with van der Waals surface area (Å²) in [4.78, 5) is 17.9. The van der Waals surface area contributed by atoms with E-state index in [1.165, 1.54) is 0 Å². The maximum absolute atomic E-state index is 14.2. The summed E-state index contributed by atoms with van der Waals surface area (Å²) in [6.45, 7) is 0.860. The lowest BCUT2D eigenvalue weighted by molar-refractivity contribution is -0.0278. The summed E-state index contributed by atoms with van der Waals surface area (Å²) in [5, 5.41) is 11.9. The number of benzene rings is 4. The van der Waals surface area contributed by atoms with E-state index in [0.29, 0.717) is 19.5 Å². The zero-order valence-electron chi connectivity index (χ0n) is 20.8. The van der Waals surface area contributed by atoms with Crippen LogP contribution in [0.5, 0.6) is 0 Å². The molecule has 4 aromatic carbocycles. The van der Waals surface area contributed by atoms with Crippen LogP contribution in [0.2, 0.25) is 0 Å². The van der Waals surface area contributed by atoms with Gasteiger partial charge in [0.25, 0.3) is 0 Å². The van der Waals surface area contributed by atoms with Crippen molar-refractivity contribution in [2.45, 2.75) is 37.7 Å². The van der Waals surface area contributed by atoms with Crippen molar-refractivity contribution >= 4 is 12.1 Å². The molecule has 3 atom stereocenters. The van der Waals surface area contributed by atoms with E-state index in [-0.39, 0.29) is 12.1 Å². The first-order chi connectivity index (χ1) is 18.2. The third-order valence-corrected chi connectivity index (χ3v) is 6.96. The number of carbonyl (C=O) groups excluding carboxylic acids is 1. The van der Waals surface area contributed by atoms with Gasteiger partial charge in [-0.1, -0.05) is 133 Å². The first-order valence-electron chi connectivity index (χ1n) is 12.8. The number of urea groups is 1. The molecule has 37 heavy (non-hydrogen) atoms. The molecule has 1 heterocycles. The van der Waals surface area contributed by atoms with Gasteiger partial charge in [0.2, 0.25) is 0 Å². The van der Waals surface area contributed by atoms with E-state index in [1.807, 2.05) is 131 Å². The maximum Gasteiger partial charge on any atom is 0.321 e. The van der Waals surface area contributed by atoms with E-state index in [2.05, 4.69) is 12.1 Å². The number of carbonyl (C=O) groups is 1. The van der Waals surface area contributed by atoms with Crippen molar-refractivity contribution in [1.82, 2.24) is 9.80 Å². The van der Waals surface area contributed by atoms with Crippen LogP contribution >= 0.6 is 0 Å². The normalized spacial score (nSPS) is 19.9. The number of nitrogens with zero attached hydrogens (tertiary/aromatic N) is 2. The van der Waals surface area contributed by atoms with Crippen molar-refractivity contribution < 1.29 is 9.90 Å². The van der Waals surface area contributed by atoms with Crippen molar-refractivity contribution in [3.8, 4) is 0 Å². The molecule has 186 valence electrons. The van der Waals surface area contributed by atoms with E-state index in [4.69, 9.17) is 0 Å². The van der Waals surface area contributed by atoms with E-state index < -0.39 is 12.1 Å². The van der Waals surface area contributed by atoms with Gasteiger partial charge in [-0.25, -0.2) is 4.79 Å². The standard InChI is InChI=1S/C33H32N2O2/c36-32-30(22-21-26-13-5-1-6-14-26)34(24-28-17-9-3-10-18-28)33(37)35(25-29-19-11-4-12-20-29)31(32)23-27-15-7-2-8-16-27/h1-22,30-32,36H,23-25H2/b22-21+/t30-,31-,32-/m1/s1. The summed E-state index contributed by atoms with van der Waals surface area (Å²) in [6, 6.07) is 39.2. The molecule has 1 N–H and O–H groups in total. The number of hydrogen-bond acceptors (Lipinski definition) is 2. The van der Waals surface area contributed by atoms with Crippen LogP contribution < -0.4 is 0 Å². The summed E-state index contributed by atoms with van der Waals surface area (Å²) in [5.41, 5.74) is 4.20. The Kier molecular flexibility index (Phi) is 7.78. The average Bonchev–Trinajstić information content (AvgIpc) is 2.95. The molecule has 1 aliphatic rings. The van der Waals surface area contributed by atoms with Crippen molar-refractivity contribution in [2.75, 3.05) is 0 Å². The molecule has 1 saturated heterocycles. The first-order valence-corrected chi connectivity index (χ1v) is 12.8. The fourth-order valence-corrected chi connectivity index (χ4v) is 5.03. The Morgan fingerprint density at radius 1 is 0.622 bits per heavy atom. The van der Waals surface area contributed by atoms with Gasteiger partial charge in [-0.3, -0.25) is 0 Å². The second-order valence-electron chi connectivity index (χ2n) is 9.52. The predicted molar refractivity (Wildman–Crippen MR) is 149 cm³/mol. The predicted octanol–water partition coefficient (Wildman–Crippen LogP) is 6.18. The van der Waals surface area contributed by atoms with Crippen molar-refractivity contribution in [3.05, 3.63) is 150 Å². The molecule has 4 aromatic rings. The zero-order valence-corrected chi connectivity index (χ0v) is 20.8. The van der Waals surface area contributed by atoms with Crippen LogP contribution in [0.3, 0.4) is 0 Å². The third-order valence-electron chi connectivity index (χ3n) is 6.96. The highest BCUT2D eigenvalue weighted by Crippen LogP contribution is 2.30. The molecule has 1 fully saturated rings. The van der Waals surface area contributed by atoms with E-state index in [9.17, 15) is 9.90 Å². The fourth-order valence-electron chi connectivity index (χ4n) is 5.03. The van der Waals surface area contributed by atoms with Gasteiger partial charge in [0, 0.05) is 13.1 Å². The highest BCUT2D eigenvalue weighted by Gasteiger charge is 2.44. The molecule has 5 rings (SSSR count). The van der Waals surface area contributed by atoms with Crippen molar-refractivity contribution in [1.29, 1.82) is 0 Å². The lowest BCUT2D eigenvalue weighted by atomic mass is 9.90. The van der Waals surface area contributed by atoms with Crippen LogP contribution in [0.1, 0.15) is 22.3 Å². The molecule has 4 heteroatoms. The van der Waals surface area contributed by atoms with Crippen molar-refractivity contribution in [3.63, 3.8) is 0 Å². The molecular formula is C33H32N2O2. The van der Waals surface area contributed by atoms with Crippen LogP contribution in [-0.4, -0.2) is 39.1 Å². The van der Waals surface area contributed by atoms with Gasteiger partial charge in [-0.2, -0.15) is 0 Å². The Balaban J connectivity index is 1.53. The van der Waals surface area contributed by atoms with Gasteiger partial charge in [0.05, 0.1) is 18.2 Å². The van der Waals surface area contributed by atoms with E-state index >= 15 is 0 Å². The number of aliphatic hydroxyl groups is 1. The molecule has 2 amide bonds. The van der Waals surface area contributed by atoms with Gasteiger partial charge in [-0.15, -0.1) is 0 Å². The van der Waals surface area contributed by atoms with Gasteiger partial charge in [0.15, 0.2) is 0 Å². The van der Waals surface area contributed by atoms with Crippen LogP contribution in [0.15, 0.2) is 127 Å². The van der Waals surface area contributed by atoms with E-state index in [0.717, 1.165) is 22.3 Å². The molecule has 0 aromatic heterocycles. The number of amides is 2. The summed E-state index contributed by atoms with van der Waals surface area (Å²) in [6.07, 6.45) is 3.80. The summed E-state index contributed by atoms with van der Waals surface area (Å²) in [7, 11) is 0. The van der Waals surface area contributed by atoms with Gasteiger partial charge in [-0.05, 0) is 28.7 Å². The average molecular weight is 489 g/mol. The molecule has 0 spiro atoms. The summed E-state index contributed by atoms with van der Waals surface area (Å²) < 4.78 is 0. The van der Waals surface area contributed by atoms with Crippen LogP contribution in [0.4, 0.5) is 4.79 Å². The number of aliphatic hydroxyl groups excluding tert-OH is 1. The largest absolute Gasteiger partial charge is 0.388 e. The van der Waals surface area contributed by atoms with Gasteiger partial charge >= 0.3 is 6.03 Å². The molecule has 0 aliphatic carbocycles. The molecule has 0 bridgehead atoms. The molecule has 4 nitrogen and oxygen atoms in total. The molecule has 0 radical (unpaired) electrons. The highest BCUT2D eigenvalue weighted by molar-refractivity contribution is 5.77. The lowest BCUT2D eigenvalue weighted by Crippen LogP contribution is -2.65. The second kappa shape index (κ2) is 11.7. The molecule has 1 aliphatic heterocycles. The minimum atomic E-state index is -0.773. The van der Waals surface area contributed by atoms with Crippen LogP contribution in [0, 0.1) is 0 Å². The third kappa shape index (κ3) is 5.99. The first kappa shape index (κ1) is 24.5. The topological polar surface area (TPSA) is 43.8 Å².